The summed E-state index contributed by atoms with van der Waals surface area (Å²) in [6, 6.07) is 17.9. The second-order valence-corrected chi connectivity index (χ2v) is 7.27. The topological polar surface area (TPSA) is 81.5 Å². The van der Waals surface area contributed by atoms with Gasteiger partial charge in [-0.2, -0.15) is 0 Å². The van der Waals surface area contributed by atoms with Gasteiger partial charge in [-0.05, 0) is 42.1 Å². The average molecular weight is 418 g/mol. The molecule has 0 bridgehead atoms. The van der Waals surface area contributed by atoms with E-state index < -0.39 is 5.82 Å². The third-order valence-corrected chi connectivity index (χ3v) is 5.38. The van der Waals surface area contributed by atoms with Crippen molar-refractivity contribution < 1.29 is 9.13 Å². The third kappa shape index (κ3) is 3.50. The number of aromatic nitrogens is 6. The summed E-state index contributed by atoms with van der Waals surface area (Å²) in [5.41, 5.74) is 1.62. The fraction of sp³-hybridized carbons (Fsp3) is 0.0476. The van der Waals surface area contributed by atoms with Crippen molar-refractivity contribution in [1.29, 1.82) is 0 Å². The van der Waals surface area contributed by atoms with E-state index in [1.807, 2.05) is 47.2 Å². The van der Waals surface area contributed by atoms with Crippen LogP contribution < -0.4 is 4.74 Å². The van der Waals surface area contributed by atoms with Crippen molar-refractivity contribution in [2.45, 2.75) is 16.8 Å². The number of halogens is 1. The summed E-state index contributed by atoms with van der Waals surface area (Å²) in [7, 11) is 0. The molecule has 0 spiro atoms. The molecule has 9 heteroatoms. The first kappa shape index (κ1) is 18.3. The number of hydrogen-bond donors (Lipinski definition) is 1. The molecule has 148 valence electrons. The van der Waals surface area contributed by atoms with Gasteiger partial charge in [-0.15, -0.1) is 10.2 Å². The van der Waals surface area contributed by atoms with Gasteiger partial charge in [0.1, 0.15) is 23.6 Å². The normalized spacial score (nSPS) is 11.1. The molecule has 3 heterocycles. The molecule has 0 aliphatic rings. The molecule has 0 aliphatic heterocycles. The highest BCUT2D eigenvalue weighted by Crippen LogP contribution is 2.32. The molecule has 2 aromatic carbocycles. The maximum atomic E-state index is 13.9. The maximum absolute atomic E-state index is 13.9. The second kappa shape index (κ2) is 7.96. The number of benzene rings is 2. The van der Waals surface area contributed by atoms with Crippen molar-refractivity contribution in [1.82, 2.24) is 29.7 Å². The molecule has 3 aromatic heterocycles. The van der Waals surface area contributed by atoms with Crippen LogP contribution in [-0.2, 0) is 6.61 Å². The van der Waals surface area contributed by atoms with Crippen molar-refractivity contribution in [3.63, 3.8) is 0 Å². The van der Waals surface area contributed by atoms with Crippen LogP contribution in [0.15, 0.2) is 83.4 Å². The lowest BCUT2D eigenvalue weighted by Crippen LogP contribution is -2.07. The number of nitrogens with one attached hydrogen (secondary N) is 1. The largest absolute Gasteiger partial charge is 0.483 e. The highest BCUT2D eigenvalue weighted by Gasteiger charge is 2.18. The van der Waals surface area contributed by atoms with Crippen LogP contribution >= 0.6 is 11.8 Å². The maximum Gasteiger partial charge on any atom is 0.202 e. The van der Waals surface area contributed by atoms with Gasteiger partial charge in [-0.1, -0.05) is 30.3 Å². The minimum atomic E-state index is -0.422. The summed E-state index contributed by atoms with van der Waals surface area (Å²) in [5.74, 6) is 0.291. The molecule has 5 rings (SSSR count). The molecule has 30 heavy (non-hydrogen) atoms. The van der Waals surface area contributed by atoms with Crippen LogP contribution in [0.4, 0.5) is 4.39 Å². The Labute approximate surface area is 175 Å². The molecule has 0 radical (unpaired) electrons. The third-order valence-electron chi connectivity index (χ3n) is 4.41. The van der Waals surface area contributed by atoms with Crippen molar-refractivity contribution in [2.75, 3.05) is 0 Å². The summed E-state index contributed by atoms with van der Waals surface area (Å²) in [4.78, 5) is 11.7. The van der Waals surface area contributed by atoms with E-state index in [1.54, 1.807) is 18.2 Å². The molecule has 0 unspecified atom stereocenters. The number of para-hydroxylation sites is 2. The summed E-state index contributed by atoms with van der Waals surface area (Å²) in [5, 5.41) is 10.9. The highest BCUT2D eigenvalue weighted by molar-refractivity contribution is 7.99. The van der Waals surface area contributed by atoms with Crippen LogP contribution in [0.2, 0.25) is 0 Å². The van der Waals surface area contributed by atoms with Crippen LogP contribution in [0.25, 0.3) is 16.7 Å². The minimum Gasteiger partial charge on any atom is -0.483 e. The molecule has 0 amide bonds. The van der Waals surface area contributed by atoms with Gasteiger partial charge in [-0.25, -0.2) is 14.4 Å². The van der Waals surface area contributed by atoms with Gasteiger partial charge in [0.2, 0.25) is 5.16 Å². The lowest BCUT2D eigenvalue weighted by atomic mass is 10.3. The SMILES string of the molecule is Fc1ccccc1OCc1nnc(Sc2ncnc3[nH]ccc23)n1-c1ccccc1. The summed E-state index contributed by atoms with van der Waals surface area (Å²) < 4.78 is 21.5. The van der Waals surface area contributed by atoms with Crippen molar-refractivity contribution in [3.8, 4) is 11.4 Å². The van der Waals surface area contributed by atoms with E-state index >= 15 is 0 Å². The van der Waals surface area contributed by atoms with Gasteiger partial charge >= 0.3 is 0 Å². The Kier molecular flexibility index (Phi) is 4.86. The van der Waals surface area contributed by atoms with Gasteiger partial charge in [0.05, 0.1) is 5.39 Å². The van der Waals surface area contributed by atoms with Crippen molar-refractivity contribution in [2.24, 2.45) is 0 Å². The first-order valence-electron chi connectivity index (χ1n) is 9.12. The Hall–Kier alpha value is -3.72. The Morgan fingerprint density at radius 2 is 1.80 bits per heavy atom. The van der Waals surface area contributed by atoms with Crippen LogP contribution in [0, 0.1) is 5.82 Å². The van der Waals surface area contributed by atoms with Gasteiger partial charge in [-0.3, -0.25) is 4.57 Å². The highest BCUT2D eigenvalue weighted by atomic mass is 32.2. The molecule has 0 aliphatic carbocycles. The molecule has 5 aromatic rings. The Balaban J connectivity index is 1.51. The van der Waals surface area contributed by atoms with E-state index in [0.29, 0.717) is 11.0 Å². The molecule has 0 atom stereocenters. The zero-order valence-electron chi connectivity index (χ0n) is 15.6. The van der Waals surface area contributed by atoms with Crippen molar-refractivity contribution in [3.05, 3.63) is 84.8 Å². The lowest BCUT2D eigenvalue weighted by molar-refractivity contribution is 0.278. The number of fused-ring (bicyclic) bond motifs is 1. The molecular formula is C21H15FN6OS. The fourth-order valence-electron chi connectivity index (χ4n) is 3.02. The van der Waals surface area contributed by atoms with Crippen molar-refractivity contribution >= 4 is 22.8 Å². The van der Waals surface area contributed by atoms with Crippen LogP contribution in [0.3, 0.4) is 0 Å². The summed E-state index contributed by atoms with van der Waals surface area (Å²) in [6.07, 6.45) is 3.32. The molecule has 0 saturated heterocycles. The molecule has 1 N–H and O–H groups in total. The Morgan fingerprint density at radius 3 is 2.67 bits per heavy atom. The summed E-state index contributed by atoms with van der Waals surface area (Å²) in [6.45, 7) is 0.0622. The smallest absolute Gasteiger partial charge is 0.202 e. The van der Waals surface area contributed by atoms with E-state index in [1.165, 1.54) is 24.2 Å². The van der Waals surface area contributed by atoms with E-state index in [0.717, 1.165) is 21.7 Å². The zero-order valence-corrected chi connectivity index (χ0v) is 16.4. The standard InChI is InChI=1S/C21H15FN6OS/c22-16-8-4-5-9-17(16)29-12-18-26-27-21(28(18)14-6-2-1-3-7-14)30-20-15-10-11-23-19(15)24-13-25-20/h1-11,13H,12H2,(H,23,24,25). The van der Waals surface area contributed by atoms with Gasteiger partial charge in [0, 0.05) is 11.9 Å². The van der Waals surface area contributed by atoms with Gasteiger partial charge in [0.25, 0.3) is 0 Å². The van der Waals surface area contributed by atoms with Crippen LogP contribution in [0.1, 0.15) is 5.82 Å². The molecule has 0 saturated carbocycles. The predicted molar refractivity (Wildman–Crippen MR) is 110 cm³/mol. The molecule has 7 nitrogen and oxygen atoms in total. The number of H-pyrrole nitrogens is 1. The average Bonchev–Trinajstić information content (AvgIpc) is 3.41. The monoisotopic (exact) mass is 418 g/mol. The fourth-order valence-corrected chi connectivity index (χ4v) is 3.95. The first-order chi connectivity index (χ1) is 14.8. The number of rotatable bonds is 6. The number of nitrogens with zero attached hydrogens (tertiary/aromatic N) is 5. The zero-order chi connectivity index (χ0) is 20.3. The number of hydrogen-bond acceptors (Lipinski definition) is 6. The quantitative estimate of drug-likeness (QED) is 0.412. The summed E-state index contributed by atoms with van der Waals surface area (Å²) >= 11 is 1.38. The van der Waals surface area contributed by atoms with Crippen LogP contribution in [0.5, 0.6) is 5.75 Å². The predicted octanol–water partition coefficient (Wildman–Crippen LogP) is 4.41. The Bertz CT molecular complexity index is 1300. The number of aromatic amines is 1. The van der Waals surface area contributed by atoms with Gasteiger partial charge in [0.15, 0.2) is 17.4 Å². The molecule has 0 fully saturated rings. The second-order valence-electron chi connectivity index (χ2n) is 6.31. The molecular weight excluding hydrogens is 403 g/mol. The Morgan fingerprint density at radius 1 is 0.967 bits per heavy atom. The minimum absolute atomic E-state index is 0.0622. The van der Waals surface area contributed by atoms with E-state index in [9.17, 15) is 4.39 Å². The lowest BCUT2D eigenvalue weighted by Gasteiger charge is -2.11. The first-order valence-corrected chi connectivity index (χ1v) is 9.94. The van der Waals surface area contributed by atoms with Gasteiger partial charge < -0.3 is 9.72 Å². The van der Waals surface area contributed by atoms with Crippen LogP contribution in [-0.4, -0.2) is 29.7 Å². The van der Waals surface area contributed by atoms with E-state index in [-0.39, 0.29) is 12.4 Å². The van der Waals surface area contributed by atoms with E-state index in [2.05, 4.69) is 25.1 Å². The number of ether oxygens (including phenoxy) is 1. The van der Waals surface area contributed by atoms with E-state index in [4.69, 9.17) is 4.74 Å².